The predicted molar refractivity (Wildman–Crippen MR) is 47.8 cm³/mol. The molecule has 1 N–H and O–H groups in total. The quantitative estimate of drug-likeness (QED) is 0.596. The molecule has 0 bridgehead atoms. The van der Waals surface area contributed by atoms with Crippen molar-refractivity contribution in [2.75, 3.05) is 0 Å². The Labute approximate surface area is 71.9 Å². The highest BCUT2D eigenvalue weighted by molar-refractivity contribution is 6.08. The van der Waals surface area contributed by atoms with Gasteiger partial charge in [-0.05, 0) is 32.4 Å². The van der Waals surface area contributed by atoms with Crippen LogP contribution in [0.25, 0.3) is 0 Å². The fourth-order valence-corrected chi connectivity index (χ4v) is 1.20. The Hall–Kier alpha value is -1.31. The lowest BCUT2D eigenvalue weighted by atomic mass is 9.94. The minimum atomic E-state index is -0.266. The van der Waals surface area contributed by atoms with Gasteiger partial charge in [-0.15, -0.1) is 0 Å². The van der Waals surface area contributed by atoms with E-state index in [9.17, 15) is 9.90 Å². The molecule has 0 aromatic rings. The van der Waals surface area contributed by atoms with E-state index < -0.39 is 0 Å². The van der Waals surface area contributed by atoms with Crippen molar-refractivity contribution in [3.05, 3.63) is 34.6 Å². The minimum absolute atomic E-state index is 0.122. The Morgan fingerprint density at radius 3 is 2.50 bits per heavy atom. The van der Waals surface area contributed by atoms with Crippen LogP contribution in [0.4, 0.5) is 0 Å². The smallest absolute Gasteiger partial charge is 0.223 e. The lowest BCUT2D eigenvalue weighted by molar-refractivity contribution is -0.114. The van der Waals surface area contributed by atoms with E-state index in [1.165, 1.54) is 0 Å². The van der Waals surface area contributed by atoms with Gasteiger partial charge in [0, 0.05) is 11.1 Å². The average molecular weight is 164 g/mol. The van der Waals surface area contributed by atoms with Crippen LogP contribution in [0.1, 0.15) is 20.8 Å². The van der Waals surface area contributed by atoms with E-state index in [-0.39, 0.29) is 11.5 Å². The van der Waals surface area contributed by atoms with Crippen molar-refractivity contribution in [1.29, 1.82) is 0 Å². The summed E-state index contributed by atoms with van der Waals surface area (Å²) in [5.74, 6) is -0.388. The zero-order valence-corrected chi connectivity index (χ0v) is 7.51. The molecule has 0 saturated carbocycles. The number of rotatable bonds is 0. The Kier molecular flexibility index (Phi) is 2.18. The fraction of sp³-hybridized carbons (Fsp3) is 0.300. The summed E-state index contributed by atoms with van der Waals surface area (Å²) in [5.41, 5.74) is 2.17. The molecule has 0 aliphatic heterocycles. The fourth-order valence-electron chi connectivity index (χ4n) is 1.20. The van der Waals surface area contributed by atoms with Crippen LogP contribution >= 0.6 is 0 Å². The molecule has 0 heterocycles. The van der Waals surface area contributed by atoms with Crippen molar-refractivity contribution in [3.63, 3.8) is 0 Å². The van der Waals surface area contributed by atoms with Gasteiger partial charge >= 0.3 is 0 Å². The van der Waals surface area contributed by atoms with Gasteiger partial charge in [-0.1, -0.05) is 6.08 Å². The van der Waals surface area contributed by atoms with E-state index in [4.69, 9.17) is 0 Å². The van der Waals surface area contributed by atoms with Crippen LogP contribution in [0.3, 0.4) is 0 Å². The molecule has 0 amide bonds. The largest absolute Gasteiger partial charge is 0.504 e. The third-order valence-corrected chi connectivity index (χ3v) is 2.04. The van der Waals surface area contributed by atoms with Gasteiger partial charge in [0.05, 0.1) is 0 Å². The Balaban J connectivity index is 3.24. The third kappa shape index (κ3) is 1.20. The zero-order chi connectivity index (χ0) is 9.30. The third-order valence-electron chi connectivity index (χ3n) is 2.04. The molecule has 12 heavy (non-hydrogen) atoms. The van der Waals surface area contributed by atoms with Gasteiger partial charge in [0.25, 0.3) is 0 Å². The number of carbonyl (C=O) groups excluding carboxylic acids is 1. The van der Waals surface area contributed by atoms with Crippen molar-refractivity contribution in [2.45, 2.75) is 20.8 Å². The standard InChI is InChI=1S/C10H12O2/c1-4-8-5-6(2)9(11)10(12)7(8)3/h4-5,12H,1-3H3/b8-4-. The number of carbonyl (C=O) groups is 1. The number of hydrogen-bond acceptors (Lipinski definition) is 2. The first-order valence-corrected chi connectivity index (χ1v) is 3.87. The highest BCUT2D eigenvalue weighted by Crippen LogP contribution is 2.23. The molecule has 0 spiro atoms. The van der Waals surface area contributed by atoms with Crippen LogP contribution in [-0.2, 0) is 4.79 Å². The van der Waals surface area contributed by atoms with Crippen molar-refractivity contribution >= 4 is 5.78 Å². The summed E-state index contributed by atoms with van der Waals surface area (Å²) in [6.45, 7) is 5.33. The molecule has 2 heteroatoms. The summed E-state index contributed by atoms with van der Waals surface area (Å²) in [6, 6.07) is 0. The first-order valence-electron chi connectivity index (χ1n) is 3.87. The van der Waals surface area contributed by atoms with Gasteiger partial charge in [0.15, 0.2) is 5.76 Å². The highest BCUT2D eigenvalue weighted by Gasteiger charge is 2.19. The van der Waals surface area contributed by atoms with Crippen LogP contribution in [-0.4, -0.2) is 10.9 Å². The highest BCUT2D eigenvalue weighted by atomic mass is 16.3. The van der Waals surface area contributed by atoms with Crippen LogP contribution in [0.15, 0.2) is 34.6 Å². The lowest BCUT2D eigenvalue weighted by Gasteiger charge is -2.12. The molecule has 0 fully saturated rings. The number of allylic oxidation sites excluding steroid dienone is 5. The number of ketones is 1. The second-order valence-corrected chi connectivity index (χ2v) is 2.87. The van der Waals surface area contributed by atoms with E-state index in [1.807, 2.05) is 13.0 Å². The van der Waals surface area contributed by atoms with Crippen molar-refractivity contribution < 1.29 is 9.90 Å². The van der Waals surface area contributed by atoms with Gasteiger partial charge in [0.2, 0.25) is 5.78 Å². The molecule has 0 aromatic heterocycles. The maximum absolute atomic E-state index is 11.2. The summed E-state index contributed by atoms with van der Waals surface area (Å²) in [6.07, 6.45) is 3.67. The number of Topliss-reactive ketones (excluding diaryl/α,β-unsaturated/α-hetero) is 1. The molecule has 0 unspecified atom stereocenters. The zero-order valence-electron chi connectivity index (χ0n) is 7.51. The van der Waals surface area contributed by atoms with Gasteiger partial charge < -0.3 is 5.11 Å². The topological polar surface area (TPSA) is 37.3 Å². The summed E-state index contributed by atoms with van der Waals surface area (Å²) < 4.78 is 0. The van der Waals surface area contributed by atoms with Crippen LogP contribution < -0.4 is 0 Å². The van der Waals surface area contributed by atoms with Crippen molar-refractivity contribution in [2.24, 2.45) is 0 Å². The summed E-state index contributed by atoms with van der Waals surface area (Å²) in [5, 5.41) is 9.37. The molecule has 1 aliphatic rings. The van der Waals surface area contributed by atoms with Crippen molar-refractivity contribution in [1.82, 2.24) is 0 Å². The monoisotopic (exact) mass is 164 g/mol. The van der Waals surface area contributed by atoms with E-state index in [1.54, 1.807) is 19.9 Å². The maximum atomic E-state index is 11.2. The average Bonchev–Trinajstić information content (AvgIpc) is 2.08. The Morgan fingerprint density at radius 1 is 1.42 bits per heavy atom. The molecular formula is C10H12O2. The predicted octanol–water partition coefficient (Wildman–Crippen LogP) is 2.29. The van der Waals surface area contributed by atoms with E-state index >= 15 is 0 Å². The normalized spacial score (nSPS) is 21.8. The van der Waals surface area contributed by atoms with Crippen LogP contribution in [0.2, 0.25) is 0 Å². The summed E-state index contributed by atoms with van der Waals surface area (Å²) in [4.78, 5) is 11.2. The van der Waals surface area contributed by atoms with Crippen LogP contribution in [0, 0.1) is 0 Å². The SMILES string of the molecule is C/C=C1/C=C(C)C(=O)C(O)=C1C. The molecule has 0 radical (unpaired) electrons. The molecule has 0 atom stereocenters. The van der Waals surface area contributed by atoms with Gasteiger partial charge in [-0.3, -0.25) is 4.79 Å². The Bertz CT molecular complexity index is 317. The summed E-state index contributed by atoms with van der Waals surface area (Å²) >= 11 is 0. The molecule has 0 aromatic carbocycles. The molecule has 2 nitrogen and oxygen atoms in total. The van der Waals surface area contributed by atoms with Gasteiger partial charge in [-0.25, -0.2) is 0 Å². The molecule has 64 valence electrons. The number of hydrogen-bond donors (Lipinski definition) is 1. The van der Waals surface area contributed by atoms with E-state index in [0.717, 1.165) is 5.57 Å². The number of aliphatic hydroxyl groups is 1. The van der Waals surface area contributed by atoms with Crippen LogP contribution in [0.5, 0.6) is 0 Å². The van der Waals surface area contributed by atoms with Gasteiger partial charge in [-0.2, -0.15) is 0 Å². The number of aliphatic hydroxyl groups excluding tert-OH is 1. The maximum Gasteiger partial charge on any atom is 0.223 e. The molecule has 1 aliphatic carbocycles. The minimum Gasteiger partial charge on any atom is -0.504 e. The van der Waals surface area contributed by atoms with Crippen molar-refractivity contribution in [3.8, 4) is 0 Å². The lowest BCUT2D eigenvalue weighted by Crippen LogP contribution is -2.11. The Morgan fingerprint density at radius 2 is 2.00 bits per heavy atom. The van der Waals surface area contributed by atoms with E-state index in [2.05, 4.69) is 0 Å². The second-order valence-electron chi connectivity index (χ2n) is 2.87. The van der Waals surface area contributed by atoms with E-state index in [0.29, 0.717) is 11.1 Å². The van der Waals surface area contributed by atoms with Gasteiger partial charge in [0.1, 0.15) is 0 Å². The molecule has 1 rings (SSSR count). The summed E-state index contributed by atoms with van der Waals surface area (Å²) in [7, 11) is 0. The first kappa shape index (κ1) is 8.78. The first-order chi connectivity index (χ1) is 5.57. The molecular weight excluding hydrogens is 152 g/mol. The second kappa shape index (κ2) is 2.97. The molecule has 0 saturated heterocycles.